The summed E-state index contributed by atoms with van der Waals surface area (Å²) in [5.41, 5.74) is 1.57. The van der Waals surface area contributed by atoms with Gasteiger partial charge in [-0.3, -0.25) is 9.52 Å². The van der Waals surface area contributed by atoms with Crippen LogP contribution in [0.4, 0.5) is 5.69 Å². The second-order valence-corrected chi connectivity index (χ2v) is 9.38. The summed E-state index contributed by atoms with van der Waals surface area (Å²) in [6.07, 6.45) is 0.689. The minimum atomic E-state index is -3.90. The molecule has 9 heteroatoms. The zero-order chi connectivity index (χ0) is 24.1. The number of benzene rings is 3. The van der Waals surface area contributed by atoms with Crippen LogP contribution in [0, 0.1) is 0 Å². The van der Waals surface area contributed by atoms with E-state index in [0.717, 1.165) is 11.3 Å². The molecule has 178 valence electrons. The van der Waals surface area contributed by atoms with Crippen molar-refractivity contribution in [3.63, 3.8) is 0 Å². The van der Waals surface area contributed by atoms with Crippen molar-refractivity contribution in [2.75, 3.05) is 25.0 Å². The molecule has 8 nitrogen and oxygen atoms in total. The maximum atomic E-state index is 12.9. The number of carbonyl (C=O) groups is 1. The molecule has 1 atom stereocenters. The molecule has 2 N–H and O–H groups in total. The first-order valence-corrected chi connectivity index (χ1v) is 12.4. The molecule has 4 rings (SSSR count). The van der Waals surface area contributed by atoms with E-state index >= 15 is 0 Å². The van der Waals surface area contributed by atoms with Crippen LogP contribution in [0.2, 0.25) is 0 Å². The number of amides is 1. The molecule has 1 unspecified atom stereocenters. The highest BCUT2D eigenvalue weighted by Gasteiger charge is 2.20. The van der Waals surface area contributed by atoms with Gasteiger partial charge in [0.25, 0.3) is 15.9 Å². The van der Waals surface area contributed by atoms with E-state index in [4.69, 9.17) is 14.2 Å². The van der Waals surface area contributed by atoms with Crippen molar-refractivity contribution in [2.45, 2.75) is 24.3 Å². The van der Waals surface area contributed by atoms with E-state index in [1.165, 1.54) is 18.2 Å². The minimum absolute atomic E-state index is 0.0390. The van der Waals surface area contributed by atoms with Crippen LogP contribution >= 0.6 is 0 Å². The standard InChI is InChI=1S/C25H26N2O6S/c1-3-22(17-7-9-20(31-2)10-8-17)26-25(28)18-5-4-6-19(15-18)27-34(29,30)21-11-12-23-24(16-21)33-14-13-32-23/h4-12,15-16,22,27H,3,13-14H2,1-2H3,(H,26,28). The van der Waals surface area contributed by atoms with Crippen LogP contribution in [0.15, 0.2) is 71.6 Å². The van der Waals surface area contributed by atoms with Crippen molar-refractivity contribution in [1.82, 2.24) is 5.32 Å². The van der Waals surface area contributed by atoms with Gasteiger partial charge in [0.1, 0.15) is 19.0 Å². The number of methoxy groups -OCH3 is 1. The number of hydrogen-bond acceptors (Lipinski definition) is 6. The summed E-state index contributed by atoms with van der Waals surface area (Å²) in [4.78, 5) is 13.0. The Labute approximate surface area is 198 Å². The highest BCUT2D eigenvalue weighted by atomic mass is 32.2. The summed E-state index contributed by atoms with van der Waals surface area (Å²) in [6, 6.07) is 18.1. The fraction of sp³-hybridized carbons (Fsp3) is 0.240. The molecule has 0 bridgehead atoms. The van der Waals surface area contributed by atoms with Gasteiger partial charge < -0.3 is 19.5 Å². The van der Waals surface area contributed by atoms with Gasteiger partial charge in [0, 0.05) is 17.3 Å². The van der Waals surface area contributed by atoms with E-state index in [1.807, 2.05) is 31.2 Å². The number of ether oxygens (including phenoxy) is 3. The van der Waals surface area contributed by atoms with E-state index < -0.39 is 10.0 Å². The van der Waals surface area contributed by atoms with E-state index in [1.54, 1.807) is 31.4 Å². The Morgan fingerprint density at radius 2 is 1.74 bits per heavy atom. The Morgan fingerprint density at radius 3 is 2.44 bits per heavy atom. The molecule has 0 radical (unpaired) electrons. The molecule has 0 saturated carbocycles. The fourth-order valence-electron chi connectivity index (χ4n) is 3.63. The van der Waals surface area contributed by atoms with Crippen molar-refractivity contribution in [2.24, 2.45) is 0 Å². The van der Waals surface area contributed by atoms with Crippen LogP contribution in [0.5, 0.6) is 17.2 Å². The molecule has 3 aromatic carbocycles. The fourth-order valence-corrected chi connectivity index (χ4v) is 4.69. The van der Waals surface area contributed by atoms with Gasteiger partial charge in [-0.05, 0) is 54.4 Å². The number of sulfonamides is 1. The van der Waals surface area contributed by atoms with Crippen molar-refractivity contribution >= 4 is 21.6 Å². The Hall–Kier alpha value is -3.72. The van der Waals surface area contributed by atoms with Crippen LogP contribution < -0.4 is 24.2 Å². The number of fused-ring (bicyclic) bond motifs is 1. The van der Waals surface area contributed by atoms with Gasteiger partial charge in [0.15, 0.2) is 11.5 Å². The molecule has 0 aliphatic carbocycles. The number of carbonyl (C=O) groups excluding carboxylic acids is 1. The minimum Gasteiger partial charge on any atom is -0.497 e. The predicted octanol–water partition coefficient (Wildman–Crippen LogP) is 4.15. The van der Waals surface area contributed by atoms with Gasteiger partial charge in [-0.1, -0.05) is 25.1 Å². The smallest absolute Gasteiger partial charge is 0.262 e. The average molecular weight is 483 g/mol. The molecule has 1 amide bonds. The van der Waals surface area contributed by atoms with E-state index in [0.29, 0.717) is 36.7 Å². The van der Waals surface area contributed by atoms with Gasteiger partial charge in [-0.2, -0.15) is 0 Å². The number of nitrogens with one attached hydrogen (secondary N) is 2. The molecule has 1 aliphatic rings. The SMILES string of the molecule is CCC(NC(=O)c1cccc(NS(=O)(=O)c2ccc3c(c2)OCCO3)c1)c1ccc(OC)cc1. The summed E-state index contributed by atoms with van der Waals surface area (Å²) in [7, 11) is -2.30. The second-order valence-electron chi connectivity index (χ2n) is 7.70. The summed E-state index contributed by atoms with van der Waals surface area (Å²) in [5.74, 6) is 1.32. The summed E-state index contributed by atoms with van der Waals surface area (Å²) in [6.45, 7) is 2.76. The quantitative estimate of drug-likeness (QED) is 0.500. The van der Waals surface area contributed by atoms with Crippen LogP contribution in [-0.4, -0.2) is 34.6 Å². The molecule has 1 heterocycles. The number of rotatable bonds is 8. The Bertz CT molecular complexity index is 1270. The van der Waals surface area contributed by atoms with Crippen molar-refractivity contribution in [3.8, 4) is 17.2 Å². The molecule has 3 aromatic rings. The normalized spacial score (nSPS) is 13.6. The number of anilines is 1. The molecule has 1 aliphatic heterocycles. The molecule has 0 aromatic heterocycles. The zero-order valence-corrected chi connectivity index (χ0v) is 19.7. The largest absolute Gasteiger partial charge is 0.497 e. The van der Waals surface area contributed by atoms with E-state index in [9.17, 15) is 13.2 Å². The lowest BCUT2D eigenvalue weighted by atomic mass is 10.0. The zero-order valence-electron chi connectivity index (χ0n) is 18.9. The molecular formula is C25H26N2O6S. The monoisotopic (exact) mass is 482 g/mol. The molecule has 0 saturated heterocycles. The van der Waals surface area contributed by atoms with Crippen molar-refractivity contribution in [3.05, 3.63) is 77.9 Å². The van der Waals surface area contributed by atoms with Crippen LogP contribution in [0.25, 0.3) is 0 Å². The van der Waals surface area contributed by atoms with Crippen LogP contribution in [-0.2, 0) is 10.0 Å². The van der Waals surface area contributed by atoms with Crippen LogP contribution in [0.3, 0.4) is 0 Å². The lowest BCUT2D eigenvalue weighted by Gasteiger charge is -2.19. The topological polar surface area (TPSA) is 103 Å². The third-order valence-electron chi connectivity index (χ3n) is 5.43. The molecule has 0 spiro atoms. The first-order chi connectivity index (χ1) is 16.4. The third-order valence-corrected chi connectivity index (χ3v) is 6.81. The average Bonchev–Trinajstić information content (AvgIpc) is 2.86. The van der Waals surface area contributed by atoms with Crippen molar-refractivity contribution in [1.29, 1.82) is 0 Å². The van der Waals surface area contributed by atoms with Gasteiger partial charge in [-0.25, -0.2) is 8.42 Å². The highest BCUT2D eigenvalue weighted by molar-refractivity contribution is 7.92. The molecular weight excluding hydrogens is 456 g/mol. The summed E-state index contributed by atoms with van der Waals surface area (Å²) < 4.78 is 44.5. The highest BCUT2D eigenvalue weighted by Crippen LogP contribution is 2.32. The van der Waals surface area contributed by atoms with Gasteiger partial charge >= 0.3 is 0 Å². The lowest BCUT2D eigenvalue weighted by molar-refractivity contribution is 0.0935. The summed E-state index contributed by atoms with van der Waals surface area (Å²) >= 11 is 0. The summed E-state index contributed by atoms with van der Waals surface area (Å²) in [5, 5.41) is 3.01. The van der Waals surface area contributed by atoms with Crippen LogP contribution in [0.1, 0.15) is 35.3 Å². The van der Waals surface area contributed by atoms with Crippen molar-refractivity contribution < 1.29 is 27.4 Å². The first kappa shape index (κ1) is 23.4. The molecule has 34 heavy (non-hydrogen) atoms. The maximum absolute atomic E-state index is 12.9. The Morgan fingerprint density at radius 1 is 1.00 bits per heavy atom. The predicted molar refractivity (Wildman–Crippen MR) is 128 cm³/mol. The van der Waals surface area contributed by atoms with Gasteiger partial charge in [0.05, 0.1) is 18.0 Å². The Balaban J connectivity index is 1.49. The van der Waals surface area contributed by atoms with Gasteiger partial charge in [-0.15, -0.1) is 0 Å². The number of hydrogen-bond donors (Lipinski definition) is 2. The first-order valence-electron chi connectivity index (χ1n) is 10.9. The van der Waals surface area contributed by atoms with Gasteiger partial charge in [0.2, 0.25) is 0 Å². The third kappa shape index (κ3) is 5.26. The maximum Gasteiger partial charge on any atom is 0.262 e. The molecule has 0 fully saturated rings. The Kier molecular flexibility index (Phi) is 6.93. The van der Waals surface area contributed by atoms with E-state index in [2.05, 4.69) is 10.0 Å². The second kappa shape index (κ2) is 10.0. The van der Waals surface area contributed by atoms with E-state index in [-0.39, 0.29) is 22.5 Å². The lowest BCUT2D eigenvalue weighted by Crippen LogP contribution is -2.28.